The van der Waals surface area contributed by atoms with Gasteiger partial charge in [0.05, 0.1) is 0 Å². The van der Waals surface area contributed by atoms with Crippen LogP contribution in [0.3, 0.4) is 0 Å². The molecular weight excluding hydrogens is 274 g/mol. The number of H-pyrrole nitrogens is 1. The number of nitrogens with one attached hydrogen (secondary N) is 1. The van der Waals surface area contributed by atoms with Gasteiger partial charge < -0.3 is 0 Å². The van der Waals surface area contributed by atoms with Crippen LogP contribution in [-0.4, -0.2) is 15.2 Å². The van der Waals surface area contributed by atoms with Gasteiger partial charge >= 0.3 is 0 Å². The molecule has 0 amide bonds. The molecule has 0 radical (unpaired) electrons. The Bertz CT molecular complexity index is 850. The standard InChI is InChI=1S/C18H15N3O/c1-13-7-9-14(10-8-13)11-12-16-18(22)19-17(21-20-16)15-5-3-2-4-6-15/h2-12H,1H3,(H,19,21,22)/b12-11+. The van der Waals surface area contributed by atoms with Gasteiger partial charge in [0.1, 0.15) is 0 Å². The molecule has 4 nitrogen and oxygen atoms in total. The molecule has 1 heterocycles. The van der Waals surface area contributed by atoms with Gasteiger partial charge in [-0.3, -0.25) is 9.89 Å². The fraction of sp³-hybridized carbons (Fsp3) is 0.0556. The Morgan fingerprint density at radius 1 is 0.955 bits per heavy atom. The molecule has 1 aromatic heterocycles. The first-order valence-electron chi connectivity index (χ1n) is 6.99. The van der Waals surface area contributed by atoms with Crippen molar-refractivity contribution in [3.8, 4) is 11.4 Å². The van der Waals surface area contributed by atoms with Crippen LogP contribution in [0, 0.1) is 6.92 Å². The van der Waals surface area contributed by atoms with Crippen molar-refractivity contribution >= 4 is 12.2 Å². The highest BCUT2D eigenvalue weighted by molar-refractivity contribution is 5.67. The highest BCUT2D eigenvalue weighted by Crippen LogP contribution is 2.11. The number of nitrogens with zero attached hydrogens (tertiary/aromatic N) is 2. The number of aromatic amines is 1. The maximum Gasteiger partial charge on any atom is 0.299 e. The van der Waals surface area contributed by atoms with Gasteiger partial charge in [-0.1, -0.05) is 66.2 Å². The van der Waals surface area contributed by atoms with Gasteiger partial charge in [-0.25, -0.2) is 0 Å². The first-order chi connectivity index (χ1) is 10.7. The lowest BCUT2D eigenvalue weighted by molar-refractivity contribution is 0.942. The Balaban J connectivity index is 1.87. The molecule has 4 heteroatoms. The third-order valence-electron chi connectivity index (χ3n) is 3.27. The lowest BCUT2D eigenvalue weighted by atomic mass is 10.1. The van der Waals surface area contributed by atoms with E-state index in [0.717, 1.165) is 11.1 Å². The van der Waals surface area contributed by atoms with Crippen LogP contribution in [-0.2, 0) is 0 Å². The van der Waals surface area contributed by atoms with Crippen LogP contribution in [0.2, 0.25) is 0 Å². The predicted octanol–water partition coefficient (Wildman–Crippen LogP) is 3.31. The van der Waals surface area contributed by atoms with Gasteiger partial charge in [0.2, 0.25) is 0 Å². The molecule has 22 heavy (non-hydrogen) atoms. The minimum atomic E-state index is -0.346. The molecule has 108 valence electrons. The van der Waals surface area contributed by atoms with E-state index in [0.29, 0.717) is 11.5 Å². The minimum Gasteiger partial charge on any atom is -0.265 e. The van der Waals surface area contributed by atoms with Crippen molar-refractivity contribution in [3.63, 3.8) is 0 Å². The second-order valence-corrected chi connectivity index (χ2v) is 4.98. The molecule has 0 saturated carbocycles. The minimum absolute atomic E-state index is 0.292. The van der Waals surface area contributed by atoms with Crippen molar-refractivity contribution in [2.75, 3.05) is 0 Å². The summed E-state index contributed by atoms with van der Waals surface area (Å²) in [4.78, 5) is 16.1. The van der Waals surface area contributed by atoms with Crippen LogP contribution in [0.4, 0.5) is 0 Å². The van der Waals surface area contributed by atoms with Gasteiger partial charge in [-0.05, 0) is 18.6 Å². The Hall–Kier alpha value is -3.01. The Kier molecular flexibility index (Phi) is 3.92. The first-order valence-corrected chi connectivity index (χ1v) is 6.99. The Labute approximate surface area is 128 Å². The van der Waals surface area contributed by atoms with Crippen molar-refractivity contribution < 1.29 is 0 Å². The highest BCUT2D eigenvalue weighted by Gasteiger charge is 2.03. The molecular formula is C18H15N3O. The van der Waals surface area contributed by atoms with Crippen LogP contribution in [0.1, 0.15) is 16.8 Å². The third kappa shape index (κ3) is 3.17. The van der Waals surface area contributed by atoms with E-state index in [1.165, 1.54) is 5.56 Å². The van der Waals surface area contributed by atoms with E-state index in [9.17, 15) is 4.79 Å². The SMILES string of the molecule is Cc1ccc(/C=C/c2n[nH]c(-c3ccccc3)nc2=O)cc1. The van der Waals surface area contributed by atoms with Gasteiger partial charge in [-0.15, -0.1) is 0 Å². The van der Waals surface area contributed by atoms with E-state index in [1.807, 2.05) is 67.6 Å². The molecule has 0 bridgehead atoms. The van der Waals surface area contributed by atoms with Crippen LogP contribution in [0.5, 0.6) is 0 Å². The summed E-state index contributed by atoms with van der Waals surface area (Å²) in [6.45, 7) is 2.03. The summed E-state index contributed by atoms with van der Waals surface area (Å²) >= 11 is 0. The highest BCUT2D eigenvalue weighted by atomic mass is 16.1. The lowest BCUT2D eigenvalue weighted by Gasteiger charge is -2.00. The molecule has 0 aliphatic carbocycles. The van der Waals surface area contributed by atoms with Crippen molar-refractivity contribution in [1.82, 2.24) is 15.2 Å². The Morgan fingerprint density at radius 3 is 2.36 bits per heavy atom. The van der Waals surface area contributed by atoms with Crippen LogP contribution in [0.25, 0.3) is 23.5 Å². The maximum atomic E-state index is 12.0. The fourth-order valence-electron chi connectivity index (χ4n) is 2.03. The summed E-state index contributed by atoms with van der Waals surface area (Å²) in [5, 5.41) is 6.93. The summed E-state index contributed by atoms with van der Waals surface area (Å²) < 4.78 is 0. The number of hydrogen-bond donors (Lipinski definition) is 1. The van der Waals surface area contributed by atoms with Gasteiger partial charge in [-0.2, -0.15) is 10.1 Å². The normalized spacial score (nSPS) is 11.0. The number of rotatable bonds is 3. The van der Waals surface area contributed by atoms with E-state index in [-0.39, 0.29) is 5.56 Å². The number of hydrogen-bond acceptors (Lipinski definition) is 3. The van der Waals surface area contributed by atoms with Crippen molar-refractivity contribution in [3.05, 3.63) is 81.8 Å². The van der Waals surface area contributed by atoms with Crippen molar-refractivity contribution in [2.24, 2.45) is 0 Å². The molecule has 0 saturated heterocycles. The molecule has 3 rings (SSSR count). The van der Waals surface area contributed by atoms with E-state index in [1.54, 1.807) is 6.08 Å². The van der Waals surface area contributed by atoms with Crippen molar-refractivity contribution in [1.29, 1.82) is 0 Å². The van der Waals surface area contributed by atoms with Gasteiger partial charge in [0.15, 0.2) is 11.5 Å². The summed E-state index contributed by atoms with van der Waals surface area (Å²) in [5.41, 5.74) is 2.99. The molecule has 0 spiro atoms. The topological polar surface area (TPSA) is 58.6 Å². The molecule has 0 unspecified atom stereocenters. The second-order valence-electron chi connectivity index (χ2n) is 4.98. The van der Waals surface area contributed by atoms with Crippen molar-refractivity contribution in [2.45, 2.75) is 6.92 Å². The number of benzene rings is 2. The molecule has 0 aliphatic rings. The summed E-state index contributed by atoms with van der Waals surface area (Å²) in [7, 11) is 0. The lowest BCUT2D eigenvalue weighted by Crippen LogP contribution is -2.14. The average Bonchev–Trinajstić information content (AvgIpc) is 2.56. The fourth-order valence-corrected chi connectivity index (χ4v) is 2.03. The van der Waals surface area contributed by atoms with E-state index in [2.05, 4.69) is 15.2 Å². The smallest absolute Gasteiger partial charge is 0.265 e. The zero-order chi connectivity index (χ0) is 15.4. The summed E-state index contributed by atoms with van der Waals surface area (Å²) in [5.74, 6) is 0.470. The average molecular weight is 289 g/mol. The van der Waals surface area contributed by atoms with E-state index >= 15 is 0 Å². The second kappa shape index (κ2) is 6.18. The van der Waals surface area contributed by atoms with Crippen LogP contribution in [0.15, 0.2) is 59.4 Å². The molecule has 0 aliphatic heterocycles. The number of aromatic nitrogens is 3. The zero-order valence-electron chi connectivity index (χ0n) is 12.2. The van der Waals surface area contributed by atoms with Crippen LogP contribution >= 0.6 is 0 Å². The van der Waals surface area contributed by atoms with Crippen LogP contribution < -0.4 is 5.56 Å². The molecule has 1 N–H and O–H groups in total. The largest absolute Gasteiger partial charge is 0.299 e. The quantitative estimate of drug-likeness (QED) is 0.804. The predicted molar refractivity (Wildman–Crippen MR) is 88.2 cm³/mol. The first kappa shape index (κ1) is 13.9. The maximum absolute atomic E-state index is 12.0. The molecule has 3 aromatic rings. The molecule has 2 aromatic carbocycles. The summed E-state index contributed by atoms with van der Waals surface area (Å²) in [6, 6.07) is 17.5. The Morgan fingerprint density at radius 2 is 1.68 bits per heavy atom. The van der Waals surface area contributed by atoms with E-state index < -0.39 is 0 Å². The van der Waals surface area contributed by atoms with Gasteiger partial charge in [0, 0.05) is 5.56 Å². The molecule has 0 fully saturated rings. The molecule has 0 atom stereocenters. The van der Waals surface area contributed by atoms with Gasteiger partial charge in [0.25, 0.3) is 5.56 Å². The monoisotopic (exact) mass is 289 g/mol. The number of aryl methyl sites for hydroxylation is 1. The third-order valence-corrected chi connectivity index (χ3v) is 3.27. The zero-order valence-corrected chi connectivity index (χ0v) is 12.2. The van der Waals surface area contributed by atoms with E-state index in [4.69, 9.17) is 0 Å². The summed E-state index contributed by atoms with van der Waals surface area (Å²) in [6.07, 6.45) is 3.52.